The van der Waals surface area contributed by atoms with Crippen LogP contribution in [0.3, 0.4) is 0 Å². The van der Waals surface area contributed by atoms with E-state index in [1.807, 2.05) is 39.0 Å². The highest BCUT2D eigenvalue weighted by Gasteiger charge is 2.31. The van der Waals surface area contributed by atoms with Crippen molar-refractivity contribution in [3.63, 3.8) is 0 Å². The number of nitrogens with zero attached hydrogens (tertiary/aromatic N) is 1. The monoisotopic (exact) mass is 384 g/mol. The molecule has 0 spiro atoms. The van der Waals surface area contributed by atoms with Crippen molar-refractivity contribution in [2.24, 2.45) is 0 Å². The third-order valence-corrected chi connectivity index (χ3v) is 4.59. The van der Waals surface area contributed by atoms with Crippen molar-refractivity contribution < 1.29 is 19.0 Å². The first kappa shape index (κ1) is 19.9. The summed E-state index contributed by atoms with van der Waals surface area (Å²) in [6, 6.07) is 11.5. The lowest BCUT2D eigenvalue weighted by Gasteiger charge is -2.24. The molecule has 1 heterocycles. The van der Waals surface area contributed by atoms with Gasteiger partial charge in [0.05, 0.1) is 25.5 Å². The lowest BCUT2D eigenvalue weighted by Crippen LogP contribution is -2.39. The first-order valence-corrected chi connectivity index (χ1v) is 9.83. The zero-order valence-electron chi connectivity index (χ0n) is 17.0. The molecule has 2 aromatic carbocycles. The van der Waals surface area contributed by atoms with Crippen molar-refractivity contribution in [1.29, 1.82) is 0 Å². The third-order valence-electron chi connectivity index (χ3n) is 4.59. The molecule has 6 nitrogen and oxygen atoms in total. The van der Waals surface area contributed by atoms with Gasteiger partial charge >= 0.3 is 6.03 Å². The summed E-state index contributed by atoms with van der Waals surface area (Å²) < 4.78 is 17.2. The van der Waals surface area contributed by atoms with E-state index < -0.39 is 0 Å². The Hall–Kier alpha value is -2.89. The molecule has 1 atom stereocenters. The predicted octanol–water partition coefficient (Wildman–Crippen LogP) is 4.87. The lowest BCUT2D eigenvalue weighted by molar-refractivity contribution is 0.255. The van der Waals surface area contributed by atoms with E-state index in [9.17, 15) is 4.79 Å². The number of anilines is 2. The molecule has 0 aromatic heterocycles. The number of ether oxygens (including phenoxy) is 3. The third kappa shape index (κ3) is 4.01. The molecule has 1 aliphatic heterocycles. The van der Waals surface area contributed by atoms with Gasteiger partial charge in [-0.2, -0.15) is 0 Å². The number of fused-ring (bicyclic) bond motifs is 1. The molecule has 0 saturated heterocycles. The molecule has 1 aliphatic rings. The molecule has 1 unspecified atom stereocenters. The summed E-state index contributed by atoms with van der Waals surface area (Å²) in [6.45, 7) is 9.24. The number of rotatable bonds is 7. The van der Waals surface area contributed by atoms with E-state index in [-0.39, 0.29) is 12.1 Å². The number of para-hydroxylation sites is 1. The number of urea groups is 1. The maximum Gasteiger partial charge on any atom is 0.326 e. The number of amides is 2. The highest BCUT2D eigenvalue weighted by atomic mass is 16.5. The Kier molecular flexibility index (Phi) is 6.29. The number of carbonyl (C=O) groups excluding carboxylic acids is 1. The first-order chi connectivity index (χ1) is 13.6. The Morgan fingerprint density at radius 2 is 1.64 bits per heavy atom. The molecule has 0 bridgehead atoms. The second-order valence-electron chi connectivity index (χ2n) is 6.58. The Bertz CT molecular complexity index is 810. The fourth-order valence-corrected chi connectivity index (χ4v) is 3.52. The van der Waals surface area contributed by atoms with Crippen LogP contribution in [0.2, 0.25) is 0 Å². The van der Waals surface area contributed by atoms with Gasteiger partial charge in [-0.15, -0.1) is 0 Å². The molecule has 2 amide bonds. The second kappa shape index (κ2) is 8.87. The minimum Gasteiger partial charge on any atom is -0.490 e. The normalized spacial score (nSPS) is 15.1. The summed E-state index contributed by atoms with van der Waals surface area (Å²) in [5.74, 6) is 1.67. The van der Waals surface area contributed by atoms with Crippen LogP contribution in [0.4, 0.5) is 16.2 Å². The molecule has 0 aliphatic carbocycles. The fraction of sp³-hybridized carbons (Fsp3) is 0.409. The van der Waals surface area contributed by atoms with Crippen LogP contribution >= 0.6 is 0 Å². The minimum atomic E-state index is -0.175. The van der Waals surface area contributed by atoms with Gasteiger partial charge in [-0.05, 0) is 45.7 Å². The quantitative estimate of drug-likeness (QED) is 0.740. The molecule has 0 radical (unpaired) electrons. The van der Waals surface area contributed by atoms with Gasteiger partial charge in [-0.1, -0.05) is 18.2 Å². The van der Waals surface area contributed by atoms with Crippen molar-refractivity contribution in [3.05, 3.63) is 42.0 Å². The lowest BCUT2D eigenvalue weighted by atomic mass is 10.1. The van der Waals surface area contributed by atoms with Crippen LogP contribution in [-0.2, 0) is 6.42 Å². The standard InChI is InChI=1S/C22H28N2O4/c1-5-26-19-13-17(14-20(27-6-2)21(19)28-7-3)23-22(25)24-15(4)12-16-10-8-9-11-18(16)24/h8-11,13-15H,5-7,12H2,1-4H3,(H,23,25). The smallest absolute Gasteiger partial charge is 0.326 e. The van der Waals surface area contributed by atoms with Gasteiger partial charge in [-0.25, -0.2) is 4.79 Å². The fourth-order valence-electron chi connectivity index (χ4n) is 3.52. The number of hydrogen-bond donors (Lipinski definition) is 1. The van der Waals surface area contributed by atoms with E-state index in [0.717, 1.165) is 12.1 Å². The second-order valence-corrected chi connectivity index (χ2v) is 6.58. The molecule has 1 N–H and O–H groups in total. The topological polar surface area (TPSA) is 60.0 Å². The SMILES string of the molecule is CCOc1cc(NC(=O)N2c3ccccc3CC2C)cc(OCC)c1OCC. The van der Waals surface area contributed by atoms with Crippen LogP contribution in [0.25, 0.3) is 0 Å². The van der Waals surface area contributed by atoms with Gasteiger partial charge in [0.2, 0.25) is 5.75 Å². The van der Waals surface area contributed by atoms with E-state index >= 15 is 0 Å². The average Bonchev–Trinajstić information content (AvgIpc) is 3.00. The summed E-state index contributed by atoms with van der Waals surface area (Å²) in [7, 11) is 0. The molecule has 2 aromatic rings. The summed E-state index contributed by atoms with van der Waals surface area (Å²) in [5, 5.41) is 2.99. The molecule has 3 rings (SSSR count). The molecule has 6 heteroatoms. The number of hydrogen-bond acceptors (Lipinski definition) is 4. The maximum atomic E-state index is 13.0. The number of nitrogens with one attached hydrogen (secondary N) is 1. The van der Waals surface area contributed by atoms with Crippen LogP contribution < -0.4 is 24.4 Å². The van der Waals surface area contributed by atoms with Gasteiger partial charge < -0.3 is 19.5 Å². The predicted molar refractivity (Wildman–Crippen MR) is 111 cm³/mol. The molecule has 150 valence electrons. The average molecular weight is 384 g/mol. The number of benzene rings is 2. The highest BCUT2D eigenvalue weighted by molar-refractivity contribution is 6.04. The van der Waals surface area contributed by atoms with E-state index in [1.165, 1.54) is 5.56 Å². The maximum absolute atomic E-state index is 13.0. The number of carbonyl (C=O) groups is 1. The summed E-state index contributed by atoms with van der Waals surface area (Å²) in [4.78, 5) is 14.8. The van der Waals surface area contributed by atoms with Crippen molar-refractivity contribution >= 4 is 17.4 Å². The highest BCUT2D eigenvalue weighted by Crippen LogP contribution is 2.41. The molecule has 28 heavy (non-hydrogen) atoms. The van der Waals surface area contributed by atoms with Crippen LogP contribution in [0.1, 0.15) is 33.3 Å². The van der Waals surface area contributed by atoms with E-state index in [0.29, 0.717) is 42.8 Å². The van der Waals surface area contributed by atoms with Crippen molar-refractivity contribution in [2.75, 3.05) is 30.0 Å². The Morgan fingerprint density at radius 3 is 2.25 bits per heavy atom. The van der Waals surface area contributed by atoms with E-state index in [2.05, 4.69) is 18.3 Å². The Balaban J connectivity index is 1.90. The van der Waals surface area contributed by atoms with Crippen molar-refractivity contribution in [3.8, 4) is 17.2 Å². The molecule has 0 saturated carbocycles. The van der Waals surface area contributed by atoms with Crippen molar-refractivity contribution in [1.82, 2.24) is 0 Å². The zero-order chi connectivity index (χ0) is 20.1. The van der Waals surface area contributed by atoms with Crippen LogP contribution in [0.5, 0.6) is 17.2 Å². The van der Waals surface area contributed by atoms with Crippen LogP contribution in [0.15, 0.2) is 36.4 Å². The Labute approximate surface area is 166 Å². The van der Waals surface area contributed by atoms with Crippen LogP contribution in [-0.4, -0.2) is 31.9 Å². The molecular formula is C22H28N2O4. The van der Waals surface area contributed by atoms with Crippen LogP contribution in [0, 0.1) is 0 Å². The Morgan fingerprint density at radius 1 is 1.04 bits per heavy atom. The zero-order valence-corrected chi connectivity index (χ0v) is 17.0. The van der Waals surface area contributed by atoms with E-state index in [4.69, 9.17) is 14.2 Å². The summed E-state index contributed by atoms with van der Waals surface area (Å²) in [6.07, 6.45) is 0.848. The largest absolute Gasteiger partial charge is 0.490 e. The van der Waals surface area contributed by atoms with Gasteiger partial charge in [-0.3, -0.25) is 4.90 Å². The van der Waals surface area contributed by atoms with Gasteiger partial charge in [0.15, 0.2) is 11.5 Å². The minimum absolute atomic E-state index is 0.0952. The first-order valence-electron chi connectivity index (χ1n) is 9.83. The molecule has 0 fully saturated rings. The van der Waals surface area contributed by atoms with Crippen molar-refractivity contribution in [2.45, 2.75) is 40.2 Å². The summed E-state index contributed by atoms with van der Waals surface area (Å²) >= 11 is 0. The van der Waals surface area contributed by atoms with E-state index in [1.54, 1.807) is 17.0 Å². The van der Waals surface area contributed by atoms with Gasteiger partial charge in [0.25, 0.3) is 0 Å². The summed E-state index contributed by atoms with van der Waals surface area (Å²) in [5.41, 5.74) is 2.74. The van der Waals surface area contributed by atoms with Gasteiger partial charge in [0, 0.05) is 23.9 Å². The van der Waals surface area contributed by atoms with Gasteiger partial charge in [0.1, 0.15) is 0 Å². The molecular weight excluding hydrogens is 356 g/mol.